The second-order valence-corrected chi connectivity index (χ2v) is 5.02. The van der Waals surface area contributed by atoms with Crippen LogP contribution in [-0.4, -0.2) is 42.3 Å². The summed E-state index contributed by atoms with van der Waals surface area (Å²) in [5, 5.41) is 13.2. The molecule has 1 unspecified atom stereocenters. The lowest BCUT2D eigenvalue weighted by Gasteiger charge is -2.20. The molecule has 17 heavy (non-hydrogen) atoms. The molecule has 0 spiro atoms. The van der Waals surface area contributed by atoms with Crippen LogP contribution in [0.4, 0.5) is 0 Å². The van der Waals surface area contributed by atoms with Gasteiger partial charge in [0.05, 0.1) is 6.10 Å². The van der Waals surface area contributed by atoms with E-state index in [2.05, 4.69) is 22.3 Å². The van der Waals surface area contributed by atoms with Crippen molar-refractivity contribution in [2.24, 2.45) is 0 Å². The molecule has 2 N–H and O–H groups in total. The average Bonchev–Trinajstić information content (AvgIpc) is 3.11. The molecular weight excluding hydrogens is 212 g/mol. The van der Waals surface area contributed by atoms with Crippen molar-refractivity contribution >= 4 is 0 Å². The third-order valence-corrected chi connectivity index (χ3v) is 3.04. The molecule has 1 atom stereocenters. The van der Waals surface area contributed by atoms with E-state index in [0.29, 0.717) is 19.1 Å². The molecule has 3 heteroatoms. The van der Waals surface area contributed by atoms with Crippen LogP contribution >= 0.6 is 0 Å². The lowest BCUT2D eigenvalue weighted by Crippen LogP contribution is -2.37. The van der Waals surface area contributed by atoms with Gasteiger partial charge in [-0.25, -0.2) is 0 Å². The first kappa shape index (κ1) is 12.6. The Kier molecular flexibility index (Phi) is 4.54. The van der Waals surface area contributed by atoms with E-state index in [4.69, 9.17) is 0 Å². The Morgan fingerprint density at radius 3 is 2.71 bits per heavy atom. The van der Waals surface area contributed by atoms with E-state index in [-0.39, 0.29) is 6.10 Å². The van der Waals surface area contributed by atoms with E-state index < -0.39 is 0 Å². The minimum atomic E-state index is -0.274. The highest BCUT2D eigenvalue weighted by Crippen LogP contribution is 2.18. The van der Waals surface area contributed by atoms with Crippen LogP contribution in [0.5, 0.6) is 0 Å². The summed E-state index contributed by atoms with van der Waals surface area (Å²) >= 11 is 0. The molecule has 1 aromatic rings. The van der Waals surface area contributed by atoms with Gasteiger partial charge in [0.15, 0.2) is 0 Å². The smallest absolute Gasteiger partial charge is 0.0791 e. The number of hydrogen-bond donors (Lipinski definition) is 2. The third-order valence-electron chi connectivity index (χ3n) is 3.04. The topological polar surface area (TPSA) is 35.5 Å². The fourth-order valence-electron chi connectivity index (χ4n) is 1.97. The van der Waals surface area contributed by atoms with E-state index in [1.807, 2.05) is 25.2 Å². The van der Waals surface area contributed by atoms with Crippen molar-refractivity contribution in [1.82, 2.24) is 10.2 Å². The summed E-state index contributed by atoms with van der Waals surface area (Å²) in [5.74, 6) is 0. The van der Waals surface area contributed by atoms with Gasteiger partial charge >= 0.3 is 0 Å². The molecule has 0 aromatic heterocycles. The molecule has 1 aromatic carbocycles. The Balaban J connectivity index is 1.66. The Bertz CT molecular complexity index is 324. The maximum absolute atomic E-state index is 9.87. The van der Waals surface area contributed by atoms with Gasteiger partial charge in [0, 0.05) is 25.7 Å². The van der Waals surface area contributed by atoms with Gasteiger partial charge in [0.1, 0.15) is 0 Å². The number of nitrogens with one attached hydrogen (secondary N) is 1. The van der Waals surface area contributed by atoms with Crippen molar-refractivity contribution in [1.29, 1.82) is 0 Å². The number of rotatable bonds is 7. The van der Waals surface area contributed by atoms with Crippen molar-refractivity contribution in [3.05, 3.63) is 35.9 Å². The van der Waals surface area contributed by atoms with Crippen LogP contribution in [0.25, 0.3) is 0 Å². The summed E-state index contributed by atoms with van der Waals surface area (Å²) in [7, 11) is 2.05. The molecule has 1 saturated carbocycles. The minimum Gasteiger partial charge on any atom is -0.390 e. The van der Waals surface area contributed by atoms with E-state index >= 15 is 0 Å². The quantitative estimate of drug-likeness (QED) is 0.745. The van der Waals surface area contributed by atoms with Gasteiger partial charge in [0.2, 0.25) is 0 Å². The van der Waals surface area contributed by atoms with E-state index in [1.54, 1.807) is 0 Å². The van der Waals surface area contributed by atoms with Gasteiger partial charge in [-0.1, -0.05) is 30.3 Å². The maximum Gasteiger partial charge on any atom is 0.0791 e. The molecule has 0 amide bonds. The summed E-state index contributed by atoms with van der Waals surface area (Å²) in [6, 6.07) is 11.0. The van der Waals surface area contributed by atoms with Gasteiger partial charge in [-0.3, -0.25) is 4.90 Å². The Morgan fingerprint density at radius 1 is 1.35 bits per heavy atom. The van der Waals surface area contributed by atoms with Gasteiger partial charge in [-0.2, -0.15) is 0 Å². The SMILES string of the molecule is CN(Cc1ccccc1)CC(O)CNC1CC1. The lowest BCUT2D eigenvalue weighted by atomic mass is 10.2. The number of hydrogen-bond acceptors (Lipinski definition) is 3. The molecule has 94 valence electrons. The molecule has 0 aliphatic heterocycles. The summed E-state index contributed by atoms with van der Waals surface area (Å²) in [6.07, 6.45) is 2.27. The molecule has 0 saturated heterocycles. The van der Waals surface area contributed by atoms with Crippen molar-refractivity contribution < 1.29 is 5.11 Å². The second-order valence-electron chi connectivity index (χ2n) is 5.02. The van der Waals surface area contributed by atoms with Crippen LogP contribution in [0.2, 0.25) is 0 Å². The van der Waals surface area contributed by atoms with E-state index in [1.165, 1.54) is 18.4 Å². The first-order valence-corrected chi connectivity index (χ1v) is 6.38. The predicted molar refractivity (Wildman–Crippen MR) is 69.8 cm³/mol. The average molecular weight is 234 g/mol. The molecule has 0 radical (unpaired) electrons. The van der Waals surface area contributed by atoms with Crippen LogP contribution in [0, 0.1) is 0 Å². The van der Waals surface area contributed by atoms with Crippen molar-refractivity contribution in [3.63, 3.8) is 0 Å². The van der Waals surface area contributed by atoms with Crippen molar-refractivity contribution in [2.45, 2.75) is 31.5 Å². The number of aliphatic hydroxyl groups is 1. The van der Waals surface area contributed by atoms with E-state index in [9.17, 15) is 5.11 Å². The predicted octanol–water partition coefficient (Wildman–Crippen LogP) is 1.23. The number of benzene rings is 1. The van der Waals surface area contributed by atoms with Crippen LogP contribution in [-0.2, 0) is 6.54 Å². The standard InChI is InChI=1S/C14H22N2O/c1-16(10-12-5-3-2-4-6-12)11-14(17)9-15-13-7-8-13/h2-6,13-15,17H,7-11H2,1H3. The highest BCUT2D eigenvalue weighted by atomic mass is 16.3. The van der Waals surface area contributed by atoms with Crippen molar-refractivity contribution in [3.8, 4) is 0 Å². The normalized spacial score (nSPS) is 17.4. The molecule has 0 bridgehead atoms. The van der Waals surface area contributed by atoms with Crippen LogP contribution < -0.4 is 5.32 Å². The monoisotopic (exact) mass is 234 g/mol. The molecule has 0 heterocycles. The minimum absolute atomic E-state index is 0.274. The Hall–Kier alpha value is -0.900. The van der Waals surface area contributed by atoms with Crippen molar-refractivity contribution in [2.75, 3.05) is 20.1 Å². The molecule has 3 nitrogen and oxygen atoms in total. The highest BCUT2D eigenvalue weighted by molar-refractivity contribution is 5.14. The number of aliphatic hydroxyl groups excluding tert-OH is 1. The molecule has 1 fully saturated rings. The van der Waals surface area contributed by atoms with Crippen LogP contribution in [0.3, 0.4) is 0 Å². The maximum atomic E-state index is 9.87. The first-order valence-electron chi connectivity index (χ1n) is 6.38. The Labute approximate surface area is 103 Å². The zero-order valence-electron chi connectivity index (χ0n) is 10.5. The molecule has 1 aliphatic rings. The largest absolute Gasteiger partial charge is 0.390 e. The zero-order chi connectivity index (χ0) is 12.1. The van der Waals surface area contributed by atoms with Crippen LogP contribution in [0.15, 0.2) is 30.3 Å². The van der Waals surface area contributed by atoms with Crippen LogP contribution in [0.1, 0.15) is 18.4 Å². The second kappa shape index (κ2) is 6.15. The lowest BCUT2D eigenvalue weighted by molar-refractivity contribution is 0.121. The highest BCUT2D eigenvalue weighted by Gasteiger charge is 2.21. The van der Waals surface area contributed by atoms with Gasteiger partial charge < -0.3 is 10.4 Å². The first-order chi connectivity index (χ1) is 8.24. The zero-order valence-corrected chi connectivity index (χ0v) is 10.5. The summed E-state index contributed by atoms with van der Waals surface area (Å²) < 4.78 is 0. The number of nitrogens with zero attached hydrogens (tertiary/aromatic N) is 1. The fourth-order valence-corrected chi connectivity index (χ4v) is 1.97. The molecular formula is C14H22N2O. The van der Waals surface area contributed by atoms with Gasteiger partial charge in [-0.15, -0.1) is 0 Å². The third kappa shape index (κ3) is 4.86. The fraction of sp³-hybridized carbons (Fsp3) is 0.571. The van der Waals surface area contributed by atoms with Gasteiger partial charge in [-0.05, 0) is 25.5 Å². The van der Waals surface area contributed by atoms with Gasteiger partial charge in [0.25, 0.3) is 0 Å². The molecule has 1 aliphatic carbocycles. The Morgan fingerprint density at radius 2 is 2.06 bits per heavy atom. The van der Waals surface area contributed by atoms with E-state index in [0.717, 1.165) is 6.54 Å². The summed E-state index contributed by atoms with van der Waals surface area (Å²) in [6.45, 7) is 2.32. The number of likely N-dealkylation sites (N-methyl/N-ethyl adjacent to an activating group) is 1. The summed E-state index contributed by atoms with van der Waals surface area (Å²) in [4.78, 5) is 2.16. The molecule has 2 rings (SSSR count). The summed E-state index contributed by atoms with van der Waals surface area (Å²) in [5.41, 5.74) is 1.29.